The fourth-order valence-corrected chi connectivity index (χ4v) is 3.50. The Labute approximate surface area is 108 Å². The van der Waals surface area contributed by atoms with Crippen molar-refractivity contribution in [2.45, 2.75) is 50.5 Å². The van der Waals surface area contributed by atoms with Crippen molar-refractivity contribution in [3.63, 3.8) is 0 Å². The predicted molar refractivity (Wildman–Crippen MR) is 66.1 cm³/mol. The van der Waals surface area contributed by atoms with Crippen LogP contribution in [0.2, 0.25) is 0 Å². The van der Waals surface area contributed by atoms with E-state index in [0.29, 0.717) is 5.92 Å². The monoisotopic (exact) mass is 298 g/mol. The number of carbonyl (C=O) groups is 1. The van der Waals surface area contributed by atoms with Crippen LogP contribution in [-0.2, 0) is 11.3 Å². The second-order valence-corrected chi connectivity index (χ2v) is 5.71. The Morgan fingerprint density at radius 3 is 2.71 bits per heavy atom. The summed E-state index contributed by atoms with van der Waals surface area (Å²) in [5.74, 6) is 0.530. The first kappa shape index (κ1) is 11.3. The predicted octanol–water partition coefficient (Wildman–Crippen LogP) is 2.88. The number of aromatic nitrogens is 2. The van der Waals surface area contributed by atoms with E-state index < -0.39 is 5.97 Å². The number of rotatable bonds is 2. The van der Waals surface area contributed by atoms with Crippen molar-refractivity contribution in [2.24, 2.45) is 0 Å². The van der Waals surface area contributed by atoms with E-state index in [4.69, 9.17) is 0 Å². The van der Waals surface area contributed by atoms with E-state index >= 15 is 0 Å². The van der Waals surface area contributed by atoms with Crippen LogP contribution in [0.1, 0.15) is 55.5 Å². The van der Waals surface area contributed by atoms with Gasteiger partial charge in [0.25, 0.3) is 0 Å². The molecule has 2 heterocycles. The van der Waals surface area contributed by atoms with Gasteiger partial charge >= 0.3 is 5.97 Å². The molecule has 1 fully saturated rings. The number of carboxylic acids is 1. The Morgan fingerprint density at radius 1 is 1.35 bits per heavy atom. The van der Waals surface area contributed by atoms with Gasteiger partial charge in [0, 0.05) is 12.5 Å². The first-order valence-corrected chi connectivity index (χ1v) is 6.96. The second kappa shape index (κ2) is 4.12. The van der Waals surface area contributed by atoms with E-state index in [-0.39, 0.29) is 5.92 Å². The Bertz CT molecular complexity index is 465. The number of fused-ring (bicyclic) bond motifs is 1. The number of hydrogen-bond acceptors (Lipinski definition) is 2. The second-order valence-electron chi connectivity index (χ2n) is 4.96. The van der Waals surface area contributed by atoms with Crippen LogP contribution in [0.3, 0.4) is 0 Å². The van der Waals surface area contributed by atoms with Crippen LogP contribution in [0.15, 0.2) is 4.60 Å². The third-order valence-corrected chi connectivity index (χ3v) is 4.55. The van der Waals surface area contributed by atoms with Crippen molar-refractivity contribution >= 4 is 21.9 Å². The van der Waals surface area contributed by atoms with Crippen LogP contribution < -0.4 is 0 Å². The van der Waals surface area contributed by atoms with Crippen molar-refractivity contribution in [3.8, 4) is 0 Å². The highest BCUT2D eigenvalue weighted by Crippen LogP contribution is 2.41. The zero-order valence-electron chi connectivity index (χ0n) is 9.53. The summed E-state index contributed by atoms with van der Waals surface area (Å²) in [5, 5.41) is 9.27. The van der Waals surface area contributed by atoms with E-state index in [1.165, 1.54) is 19.3 Å². The summed E-state index contributed by atoms with van der Waals surface area (Å²) in [4.78, 5) is 15.8. The van der Waals surface area contributed by atoms with Crippen molar-refractivity contribution in [3.05, 3.63) is 16.1 Å². The SMILES string of the molecule is O=C(O)C1CCCn2c(C3CCC3)nc(Br)c21. The lowest BCUT2D eigenvalue weighted by Crippen LogP contribution is -2.24. The maximum Gasteiger partial charge on any atom is 0.312 e. The van der Waals surface area contributed by atoms with E-state index in [0.717, 1.165) is 35.5 Å². The fraction of sp³-hybridized carbons (Fsp3) is 0.667. The maximum atomic E-state index is 11.3. The molecule has 1 saturated carbocycles. The lowest BCUT2D eigenvalue weighted by Gasteiger charge is -2.28. The van der Waals surface area contributed by atoms with Crippen LogP contribution in [0.4, 0.5) is 0 Å². The molecule has 0 amide bonds. The van der Waals surface area contributed by atoms with Gasteiger partial charge in [0.15, 0.2) is 0 Å². The summed E-state index contributed by atoms with van der Waals surface area (Å²) in [6.45, 7) is 0.920. The fourth-order valence-electron chi connectivity index (χ4n) is 2.83. The minimum absolute atomic E-state index is 0.389. The van der Waals surface area contributed by atoms with Gasteiger partial charge in [-0.15, -0.1) is 0 Å². The molecule has 1 aromatic heterocycles. The van der Waals surface area contributed by atoms with Crippen LogP contribution in [0.25, 0.3) is 0 Å². The van der Waals surface area contributed by atoms with Crippen molar-refractivity contribution < 1.29 is 9.90 Å². The molecule has 1 aliphatic carbocycles. The Balaban J connectivity index is 2.05. The smallest absolute Gasteiger partial charge is 0.312 e. The highest BCUT2D eigenvalue weighted by molar-refractivity contribution is 9.10. The van der Waals surface area contributed by atoms with Crippen molar-refractivity contribution in [1.29, 1.82) is 0 Å². The van der Waals surface area contributed by atoms with Gasteiger partial charge in [0.2, 0.25) is 0 Å². The Morgan fingerprint density at radius 2 is 2.12 bits per heavy atom. The lowest BCUT2D eigenvalue weighted by atomic mass is 9.84. The van der Waals surface area contributed by atoms with Crippen LogP contribution in [-0.4, -0.2) is 20.6 Å². The number of nitrogens with zero attached hydrogens (tertiary/aromatic N) is 2. The molecule has 0 radical (unpaired) electrons. The highest BCUT2D eigenvalue weighted by Gasteiger charge is 2.34. The third kappa shape index (κ3) is 1.71. The summed E-state index contributed by atoms with van der Waals surface area (Å²) in [6, 6.07) is 0. The molecule has 4 nitrogen and oxygen atoms in total. The van der Waals surface area contributed by atoms with E-state index in [2.05, 4.69) is 25.5 Å². The molecule has 92 valence electrons. The molecule has 5 heteroatoms. The zero-order chi connectivity index (χ0) is 12.0. The van der Waals surface area contributed by atoms with Crippen molar-refractivity contribution in [2.75, 3.05) is 0 Å². The molecular weight excluding hydrogens is 284 g/mol. The maximum absolute atomic E-state index is 11.3. The largest absolute Gasteiger partial charge is 0.481 e. The molecule has 17 heavy (non-hydrogen) atoms. The lowest BCUT2D eigenvalue weighted by molar-refractivity contribution is -0.139. The summed E-state index contributed by atoms with van der Waals surface area (Å²) < 4.78 is 2.89. The summed E-state index contributed by atoms with van der Waals surface area (Å²) >= 11 is 3.44. The molecule has 1 aromatic rings. The molecule has 0 spiro atoms. The quantitative estimate of drug-likeness (QED) is 0.913. The third-order valence-electron chi connectivity index (χ3n) is 3.96. The van der Waals surface area contributed by atoms with Gasteiger partial charge in [-0.25, -0.2) is 4.98 Å². The average Bonchev–Trinajstić information content (AvgIpc) is 2.54. The Kier molecular flexibility index (Phi) is 2.73. The molecular formula is C12H15BrN2O2. The highest BCUT2D eigenvalue weighted by atomic mass is 79.9. The minimum Gasteiger partial charge on any atom is -0.481 e. The molecule has 1 unspecified atom stereocenters. The van der Waals surface area contributed by atoms with Crippen LogP contribution in [0, 0.1) is 0 Å². The molecule has 2 aliphatic rings. The van der Waals surface area contributed by atoms with Gasteiger partial charge in [0.05, 0.1) is 11.6 Å². The summed E-state index contributed by atoms with van der Waals surface area (Å²) in [5.41, 5.74) is 0.880. The summed E-state index contributed by atoms with van der Waals surface area (Å²) in [6.07, 6.45) is 5.32. The molecule has 1 atom stereocenters. The molecule has 1 aliphatic heterocycles. The molecule has 0 aromatic carbocycles. The van der Waals surface area contributed by atoms with Gasteiger partial charge in [-0.2, -0.15) is 0 Å². The van der Waals surface area contributed by atoms with E-state index in [9.17, 15) is 9.90 Å². The van der Waals surface area contributed by atoms with Gasteiger partial charge in [-0.05, 0) is 41.6 Å². The van der Waals surface area contributed by atoms with Gasteiger partial charge in [0.1, 0.15) is 10.4 Å². The van der Waals surface area contributed by atoms with Gasteiger partial charge < -0.3 is 9.67 Å². The first-order valence-electron chi connectivity index (χ1n) is 6.17. The van der Waals surface area contributed by atoms with E-state index in [1.54, 1.807) is 0 Å². The van der Waals surface area contributed by atoms with Gasteiger partial charge in [-0.1, -0.05) is 6.42 Å². The van der Waals surface area contributed by atoms with Crippen LogP contribution in [0.5, 0.6) is 0 Å². The molecule has 0 saturated heterocycles. The first-order chi connectivity index (χ1) is 8.18. The molecule has 3 rings (SSSR count). The number of aliphatic carboxylic acids is 1. The molecule has 0 bridgehead atoms. The van der Waals surface area contributed by atoms with Crippen LogP contribution >= 0.6 is 15.9 Å². The molecule has 1 N–H and O–H groups in total. The zero-order valence-corrected chi connectivity index (χ0v) is 11.1. The normalized spacial score (nSPS) is 24.2. The topological polar surface area (TPSA) is 55.1 Å². The van der Waals surface area contributed by atoms with Crippen molar-refractivity contribution in [1.82, 2.24) is 9.55 Å². The number of hydrogen-bond donors (Lipinski definition) is 1. The Hall–Kier alpha value is -0.840. The number of halogens is 1. The van der Waals surface area contributed by atoms with Gasteiger partial charge in [-0.3, -0.25) is 4.79 Å². The number of imidazole rings is 1. The number of carboxylic acid groups (broad SMARTS) is 1. The minimum atomic E-state index is -0.730. The summed E-state index contributed by atoms with van der Waals surface area (Å²) in [7, 11) is 0. The average molecular weight is 299 g/mol. The standard InChI is InChI=1S/C12H15BrN2O2/c13-10-9-8(12(16)17)5-2-6-15(9)11(14-10)7-3-1-4-7/h7-8H,1-6H2,(H,16,17). The van der Waals surface area contributed by atoms with E-state index in [1.807, 2.05) is 0 Å².